The Morgan fingerprint density at radius 1 is 0.909 bits per heavy atom. The summed E-state index contributed by atoms with van der Waals surface area (Å²) in [4.78, 5) is 28.3. The Morgan fingerprint density at radius 3 is 2.18 bits per heavy atom. The van der Waals surface area contributed by atoms with Crippen molar-refractivity contribution in [3.05, 3.63) is 101 Å². The van der Waals surface area contributed by atoms with Crippen molar-refractivity contribution >= 4 is 27.7 Å². The summed E-state index contributed by atoms with van der Waals surface area (Å²) in [6.07, 6.45) is 1.24. The zero-order chi connectivity index (χ0) is 23.5. The summed E-state index contributed by atoms with van der Waals surface area (Å²) >= 11 is 3.45. The summed E-state index contributed by atoms with van der Waals surface area (Å²) in [6, 6.07) is 26.1. The van der Waals surface area contributed by atoms with Crippen molar-refractivity contribution in [1.82, 2.24) is 10.2 Å². The average Bonchev–Trinajstić information content (AvgIpc) is 2.85. The van der Waals surface area contributed by atoms with Gasteiger partial charge in [0.15, 0.2) is 6.61 Å². The molecule has 5 nitrogen and oxygen atoms in total. The highest BCUT2D eigenvalue weighted by atomic mass is 79.9. The van der Waals surface area contributed by atoms with Crippen molar-refractivity contribution in [2.75, 3.05) is 13.2 Å². The first-order valence-corrected chi connectivity index (χ1v) is 11.9. The molecule has 33 heavy (non-hydrogen) atoms. The molecule has 3 rings (SSSR count). The number of carbonyl (C=O) groups is 2. The molecule has 3 aromatic carbocycles. The van der Waals surface area contributed by atoms with E-state index < -0.39 is 6.04 Å². The molecule has 0 aliphatic carbocycles. The van der Waals surface area contributed by atoms with Gasteiger partial charge in [-0.15, -0.1) is 0 Å². The van der Waals surface area contributed by atoms with Crippen LogP contribution in [-0.2, 0) is 22.6 Å². The quantitative estimate of drug-likeness (QED) is 0.396. The molecule has 3 aromatic rings. The first-order valence-electron chi connectivity index (χ1n) is 11.1. The Bertz CT molecular complexity index is 1010. The van der Waals surface area contributed by atoms with Crippen LogP contribution in [-0.4, -0.2) is 35.9 Å². The van der Waals surface area contributed by atoms with Crippen LogP contribution in [0, 0.1) is 0 Å². The van der Waals surface area contributed by atoms with Gasteiger partial charge in [-0.25, -0.2) is 0 Å². The van der Waals surface area contributed by atoms with Gasteiger partial charge in [-0.2, -0.15) is 0 Å². The largest absolute Gasteiger partial charge is 0.484 e. The van der Waals surface area contributed by atoms with Crippen LogP contribution in [0.15, 0.2) is 89.4 Å². The van der Waals surface area contributed by atoms with Crippen LogP contribution in [0.2, 0.25) is 0 Å². The minimum atomic E-state index is -0.658. The molecule has 0 aliphatic heterocycles. The van der Waals surface area contributed by atoms with Gasteiger partial charge in [0.1, 0.15) is 11.8 Å². The van der Waals surface area contributed by atoms with Crippen molar-refractivity contribution in [3.63, 3.8) is 0 Å². The van der Waals surface area contributed by atoms with Gasteiger partial charge in [0, 0.05) is 24.0 Å². The predicted molar refractivity (Wildman–Crippen MR) is 134 cm³/mol. The van der Waals surface area contributed by atoms with Crippen LogP contribution in [0.1, 0.15) is 24.5 Å². The van der Waals surface area contributed by atoms with Crippen LogP contribution in [0.5, 0.6) is 5.75 Å². The summed E-state index contributed by atoms with van der Waals surface area (Å²) in [5.74, 6) is 0.213. The van der Waals surface area contributed by atoms with Crippen molar-refractivity contribution < 1.29 is 14.3 Å². The molecule has 0 saturated heterocycles. The highest BCUT2D eigenvalue weighted by molar-refractivity contribution is 9.10. The molecule has 0 bridgehead atoms. The van der Waals surface area contributed by atoms with Crippen molar-refractivity contribution in [2.45, 2.75) is 32.4 Å². The molecule has 0 aliphatic rings. The van der Waals surface area contributed by atoms with E-state index >= 15 is 0 Å². The standard InChI is InChI=1S/C27H29BrN2O3/c1-2-17-29-27(32)25(18-21-9-5-3-6-10-21)30(19-22-13-15-23(28)16-14-22)26(31)20-33-24-11-7-4-8-12-24/h3-16,25H,2,17-20H2,1H3,(H,29,32)/t25-/m0/s1. The molecule has 0 spiro atoms. The zero-order valence-corrected chi connectivity index (χ0v) is 20.3. The van der Waals surface area contributed by atoms with E-state index in [1.165, 1.54) is 0 Å². The molecule has 6 heteroatoms. The second-order valence-corrected chi connectivity index (χ2v) is 8.66. The average molecular weight is 509 g/mol. The van der Waals surface area contributed by atoms with E-state index in [1.807, 2.05) is 91.9 Å². The number of hydrogen-bond donors (Lipinski definition) is 1. The van der Waals surface area contributed by atoms with E-state index in [-0.39, 0.29) is 18.4 Å². The second kappa shape index (κ2) is 12.8. The van der Waals surface area contributed by atoms with Gasteiger partial charge in [-0.05, 0) is 41.8 Å². The maximum Gasteiger partial charge on any atom is 0.261 e. The molecule has 1 atom stereocenters. The van der Waals surface area contributed by atoms with Crippen LogP contribution in [0.25, 0.3) is 0 Å². The van der Waals surface area contributed by atoms with Gasteiger partial charge in [0.2, 0.25) is 5.91 Å². The van der Waals surface area contributed by atoms with Crippen LogP contribution in [0.4, 0.5) is 0 Å². The number of rotatable bonds is 11. The van der Waals surface area contributed by atoms with E-state index in [0.717, 1.165) is 22.0 Å². The normalized spacial score (nSPS) is 11.5. The molecule has 1 N–H and O–H groups in total. The lowest BCUT2D eigenvalue weighted by Crippen LogP contribution is -2.51. The smallest absolute Gasteiger partial charge is 0.261 e. The SMILES string of the molecule is CCCNC(=O)[C@H](Cc1ccccc1)N(Cc1ccc(Br)cc1)C(=O)COc1ccccc1. The molecule has 2 amide bonds. The van der Waals surface area contributed by atoms with Gasteiger partial charge < -0.3 is 15.0 Å². The number of ether oxygens (including phenoxy) is 1. The first-order chi connectivity index (χ1) is 16.1. The first kappa shape index (κ1) is 24.5. The number of amides is 2. The minimum absolute atomic E-state index is 0.146. The molecule has 0 unspecified atom stereocenters. The molecule has 0 heterocycles. The molecule has 0 fully saturated rings. The molecular formula is C27H29BrN2O3. The summed E-state index contributed by atoms with van der Waals surface area (Å²) in [5.41, 5.74) is 1.93. The van der Waals surface area contributed by atoms with E-state index in [9.17, 15) is 9.59 Å². The second-order valence-electron chi connectivity index (χ2n) is 7.75. The third kappa shape index (κ3) is 7.75. The molecule has 0 saturated carbocycles. The third-order valence-electron chi connectivity index (χ3n) is 5.19. The van der Waals surface area contributed by atoms with Crippen molar-refractivity contribution in [3.8, 4) is 5.75 Å². The Balaban J connectivity index is 1.87. The predicted octanol–water partition coefficient (Wildman–Crippen LogP) is 4.99. The maximum atomic E-state index is 13.4. The van der Waals surface area contributed by atoms with E-state index in [1.54, 1.807) is 4.90 Å². The summed E-state index contributed by atoms with van der Waals surface area (Å²) < 4.78 is 6.69. The zero-order valence-electron chi connectivity index (χ0n) is 18.7. The Morgan fingerprint density at radius 2 is 1.55 bits per heavy atom. The van der Waals surface area contributed by atoms with Crippen molar-refractivity contribution in [2.24, 2.45) is 0 Å². The lowest BCUT2D eigenvalue weighted by molar-refractivity contribution is -0.142. The lowest BCUT2D eigenvalue weighted by Gasteiger charge is -2.31. The number of carbonyl (C=O) groups excluding carboxylic acids is 2. The Labute approximate surface area is 203 Å². The number of benzene rings is 3. The number of nitrogens with one attached hydrogen (secondary N) is 1. The third-order valence-corrected chi connectivity index (χ3v) is 5.72. The van der Waals surface area contributed by atoms with Gasteiger partial charge in [0.05, 0.1) is 0 Å². The van der Waals surface area contributed by atoms with Gasteiger partial charge >= 0.3 is 0 Å². The molecule has 172 valence electrons. The van der Waals surface area contributed by atoms with Gasteiger partial charge in [-0.1, -0.05) is 83.5 Å². The lowest BCUT2D eigenvalue weighted by atomic mass is 10.0. The summed E-state index contributed by atoms with van der Waals surface area (Å²) in [6.45, 7) is 2.73. The Kier molecular flexibility index (Phi) is 9.51. The highest BCUT2D eigenvalue weighted by Gasteiger charge is 2.30. The minimum Gasteiger partial charge on any atom is -0.484 e. The molecule has 0 radical (unpaired) electrons. The fourth-order valence-corrected chi connectivity index (χ4v) is 3.72. The fourth-order valence-electron chi connectivity index (χ4n) is 3.45. The van der Waals surface area contributed by atoms with Crippen LogP contribution < -0.4 is 10.1 Å². The fraction of sp³-hybridized carbons (Fsp3) is 0.259. The number of para-hydroxylation sites is 1. The van der Waals surface area contributed by atoms with Crippen molar-refractivity contribution in [1.29, 1.82) is 0 Å². The number of halogens is 1. The number of nitrogens with zero attached hydrogens (tertiary/aromatic N) is 1. The summed E-state index contributed by atoms with van der Waals surface area (Å²) in [7, 11) is 0. The van der Waals surface area contributed by atoms with E-state index in [2.05, 4.69) is 21.2 Å². The van der Waals surface area contributed by atoms with Gasteiger partial charge in [0.25, 0.3) is 5.91 Å². The van der Waals surface area contributed by atoms with E-state index in [0.29, 0.717) is 25.3 Å². The van der Waals surface area contributed by atoms with Gasteiger partial charge in [-0.3, -0.25) is 9.59 Å². The highest BCUT2D eigenvalue weighted by Crippen LogP contribution is 2.18. The monoisotopic (exact) mass is 508 g/mol. The summed E-state index contributed by atoms with van der Waals surface area (Å²) in [5, 5.41) is 2.98. The Hall–Kier alpha value is -3.12. The molecule has 0 aromatic heterocycles. The van der Waals surface area contributed by atoms with Crippen LogP contribution in [0.3, 0.4) is 0 Å². The number of hydrogen-bond acceptors (Lipinski definition) is 3. The van der Waals surface area contributed by atoms with Crippen LogP contribution >= 0.6 is 15.9 Å². The van der Waals surface area contributed by atoms with E-state index in [4.69, 9.17) is 4.74 Å². The molecular weight excluding hydrogens is 480 g/mol. The topological polar surface area (TPSA) is 58.6 Å². The maximum absolute atomic E-state index is 13.4.